The van der Waals surface area contributed by atoms with Crippen LogP contribution in [0.15, 0.2) is 43.0 Å². The standard InChI is InChI=1S/C24H27N3O5/c1-23(9-7-20(28)29)18-11-24(14-31-21(18)17-5-2-3-6-19(17)32-23)8-4-10-27(24)22(30)16-12-25-15-26-13-16/h2-3,5-6,12-13,15,18,21H,4,7-11,14H2,1H3,(H,28,29)/t18-,21+,23+,24+/m1/s1. The summed E-state index contributed by atoms with van der Waals surface area (Å²) in [5, 5.41) is 9.34. The molecular weight excluding hydrogens is 410 g/mol. The van der Waals surface area contributed by atoms with Crippen molar-refractivity contribution < 1.29 is 24.2 Å². The first kappa shape index (κ1) is 20.9. The highest BCUT2D eigenvalue weighted by Crippen LogP contribution is 2.55. The zero-order chi connectivity index (χ0) is 22.3. The first-order chi connectivity index (χ1) is 15.4. The smallest absolute Gasteiger partial charge is 0.303 e. The summed E-state index contributed by atoms with van der Waals surface area (Å²) in [5.74, 6) is -0.266. The van der Waals surface area contributed by atoms with Crippen molar-refractivity contribution in [3.63, 3.8) is 0 Å². The van der Waals surface area contributed by atoms with E-state index in [4.69, 9.17) is 9.47 Å². The molecule has 1 N–H and O–H groups in total. The Bertz CT molecular complexity index is 1030. The summed E-state index contributed by atoms with van der Waals surface area (Å²) in [5.41, 5.74) is 0.300. The minimum atomic E-state index is -0.849. The molecule has 4 atom stereocenters. The van der Waals surface area contributed by atoms with Crippen molar-refractivity contribution in [3.05, 3.63) is 54.1 Å². The molecule has 0 radical (unpaired) electrons. The fraction of sp³-hybridized carbons (Fsp3) is 0.500. The third-order valence-corrected chi connectivity index (χ3v) is 7.33. The van der Waals surface area contributed by atoms with Crippen LogP contribution >= 0.6 is 0 Å². The Morgan fingerprint density at radius 3 is 2.81 bits per heavy atom. The van der Waals surface area contributed by atoms with Crippen LogP contribution in [0.4, 0.5) is 0 Å². The van der Waals surface area contributed by atoms with Crippen molar-refractivity contribution in [3.8, 4) is 5.75 Å². The number of hydrogen-bond acceptors (Lipinski definition) is 6. The van der Waals surface area contributed by atoms with E-state index in [1.165, 1.54) is 6.33 Å². The van der Waals surface area contributed by atoms with Crippen LogP contribution in [-0.4, -0.2) is 56.1 Å². The number of fused-ring (bicyclic) bond motifs is 3. The Balaban J connectivity index is 1.49. The molecule has 5 rings (SSSR count). The van der Waals surface area contributed by atoms with Gasteiger partial charge in [-0.25, -0.2) is 9.97 Å². The molecule has 0 aliphatic carbocycles. The molecule has 1 aromatic carbocycles. The lowest BCUT2D eigenvalue weighted by Crippen LogP contribution is -2.60. The van der Waals surface area contributed by atoms with Crippen LogP contribution in [0.2, 0.25) is 0 Å². The van der Waals surface area contributed by atoms with Crippen LogP contribution in [0.3, 0.4) is 0 Å². The zero-order valence-corrected chi connectivity index (χ0v) is 18.1. The number of para-hydroxylation sites is 1. The highest BCUT2D eigenvalue weighted by atomic mass is 16.5. The lowest BCUT2D eigenvalue weighted by molar-refractivity contribution is -0.169. The van der Waals surface area contributed by atoms with Gasteiger partial charge in [-0.15, -0.1) is 0 Å². The lowest BCUT2D eigenvalue weighted by atomic mass is 9.68. The number of amides is 1. The number of benzene rings is 1. The van der Waals surface area contributed by atoms with Gasteiger partial charge in [0.05, 0.1) is 23.8 Å². The van der Waals surface area contributed by atoms with Crippen LogP contribution in [0.5, 0.6) is 5.75 Å². The second kappa shape index (κ2) is 7.85. The summed E-state index contributed by atoms with van der Waals surface area (Å²) in [4.78, 5) is 34.6. The predicted octanol–water partition coefficient (Wildman–Crippen LogP) is 3.25. The third-order valence-electron chi connectivity index (χ3n) is 7.33. The van der Waals surface area contributed by atoms with Gasteiger partial charge in [-0.3, -0.25) is 9.59 Å². The van der Waals surface area contributed by atoms with E-state index in [2.05, 4.69) is 9.97 Å². The maximum Gasteiger partial charge on any atom is 0.303 e. The van der Waals surface area contributed by atoms with Crippen LogP contribution in [0.1, 0.15) is 61.1 Å². The summed E-state index contributed by atoms with van der Waals surface area (Å²) >= 11 is 0. The van der Waals surface area contributed by atoms with Gasteiger partial charge in [-0.1, -0.05) is 18.2 Å². The van der Waals surface area contributed by atoms with E-state index in [0.717, 1.165) is 24.2 Å². The van der Waals surface area contributed by atoms with Crippen molar-refractivity contribution in [2.45, 2.75) is 56.3 Å². The average Bonchev–Trinajstić information content (AvgIpc) is 3.21. The van der Waals surface area contributed by atoms with E-state index >= 15 is 0 Å². The first-order valence-corrected chi connectivity index (χ1v) is 11.1. The number of nitrogens with zero attached hydrogens (tertiary/aromatic N) is 3. The minimum Gasteiger partial charge on any atom is -0.487 e. The molecular formula is C24H27N3O5. The third kappa shape index (κ3) is 3.43. The predicted molar refractivity (Wildman–Crippen MR) is 114 cm³/mol. The molecule has 0 unspecified atom stereocenters. The number of carbonyl (C=O) groups is 2. The second-order valence-electron chi connectivity index (χ2n) is 9.30. The normalized spacial score (nSPS) is 31.0. The van der Waals surface area contributed by atoms with E-state index in [1.54, 1.807) is 12.4 Å². The Morgan fingerprint density at radius 1 is 1.25 bits per heavy atom. The summed E-state index contributed by atoms with van der Waals surface area (Å²) < 4.78 is 13.0. The zero-order valence-electron chi connectivity index (χ0n) is 18.1. The van der Waals surface area contributed by atoms with Gasteiger partial charge in [0.15, 0.2) is 0 Å². The second-order valence-corrected chi connectivity index (χ2v) is 9.30. The minimum absolute atomic E-state index is 0.0128. The Morgan fingerprint density at radius 2 is 2.03 bits per heavy atom. The van der Waals surface area contributed by atoms with Crippen LogP contribution < -0.4 is 4.74 Å². The number of rotatable bonds is 4. The topological polar surface area (TPSA) is 102 Å². The van der Waals surface area contributed by atoms with Gasteiger partial charge in [0, 0.05) is 36.8 Å². The quantitative estimate of drug-likeness (QED) is 0.783. The molecule has 1 amide bonds. The molecule has 2 aromatic rings. The molecule has 3 aliphatic rings. The van der Waals surface area contributed by atoms with Crippen LogP contribution in [-0.2, 0) is 9.53 Å². The largest absolute Gasteiger partial charge is 0.487 e. The van der Waals surface area contributed by atoms with E-state index in [1.807, 2.05) is 36.1 Å². The average molecular weight is 437 g/mol. The molecule has 8 heteroatoms. The molecule has 4 heterocycles. The summed E-state index contributed by atoms with van der Waals surface area (Å²) in [6.07, 6.45) is 7.13. The number of aromatic nitrogens is 2. The Labute approximate surface area is 186 Å². The van der Waals surface area contributed by atoms with Gasteiger partial charge in [-0.05, 0) is 38.7 Å². The number of likely N-dealkylation sites (tertiary alicyclic amines) is 1. The molecule has 0 bridgehead atoms. The van der Waals surface area contributed by atoms with Gasteiger partial charge in [0.2, 0.25) is 0 Å². The maximum atomic E-state index is 13.3. The van der Waals surface area contributed by atoms with Gasteiger partial charge < -0.3 is 19.5 Å². The summed E-state index contributed by atoms with van der Waals surface area (Å²) in [6, 6.07) is 7.81. The number of ether oxygens (including phenoxy) is 2. The Hall–Kier alpha value is -3.00. The molecule has 1 spiro atoms. The number of carboxylic acid groups (broad SMARTS) is 1. The molecule has 0 saturated carbocycles. The number of carbonyl (C=O) groups excluding carboxylic acids is 1. The fourth-order valence-electron chi connectivity index (χ4n) is 5.69. The molecule has 2 saturated heterocycles. The lowest BCUT2D eigenvalue weighted by Gasteiger charge is -2.54. The van der Waals surface area contributed by atoms with Gasteiger partial charge in [-0.2, -0.15) is 0 Å². The fourth-order valence-corrected chi connectivity index (χ4v) is 5.69. The molecule has 32 heavy (non-hydrogen) atoms. The van der Waals surface area contributed by atoms with E-state index in [0.29, 0.717) is 31.6 Å². The summed E-state index contributed by atoms with van der Waals surface area (Å²) in [7, 11) is 0. The van der Waals surface area contributed by atoms with Crippen molar-refractivity contribution in [1.29, 1.82) is 0 Å². The van der Waals surface area contributed by atoms with Crippen molar-refractivity contribution >= 4 is 11.9 Å². The first-order valence-electron chi connectivity index (χ1n) is 11.1. The monoisotopic (exact) mass is 437 g/mol. The highest BCUT2D eigenvalue weighted by Gasteiger charge is 2.57. The number of carboxylic acids is 1. The van der Waals surface area contributed by atoms with Gasteiger partial charge in [0.1, 0.15) is 17.7 Å². The SMILES string of the molecule is C[C@@]1(CCC(=O)O)Oc2ccccc2[C@@H]2OC[C@]3(CCCN3C(=O)c3cncnc3)C[C@H]21. The van der Waals surface area contributed by atoms with Crippen LogP contribution in [0, 0.1) is 5.92 Å². The molecule has 3 aliphatic heterocycles. The maximum absolute atomic E-state index is 13.3. The number of aliphatic carboxylic acids is 1. The summed E-state index contributed by atoms with van der Waals surface area (Å²) in [6.45, 7) is 3.08. The van der Waals surface area contributed by atoms with E-state index in [-0.39, 0.29) is 24.3 Å². The molecule has 8 nitrogen and oxygen atoms in total. The molecule has 1 aromatic heterocycles. The van der Waals surface area contributed by atoms with Gasteiger partial charge in [0.25, 0.3) is 5.91 Å². The van der Waals surface area contributed by atoms with Crippen molar-refractivity contribution in [2.75, 3.05) is 13.2 Å². The highest BCUT2D eigenvalue weighted by molar-refractivity contribution is 5.94. The number of hydrogen-bond donors (Lipinski definition) is 1. The molecule has 2 fully saturated rings. The van der Waals surface area contributed by atoms with Gasteiger partial charge >= 0.3 is 5.97 Å². The Kier molecular flexibility index (Phi) is 5.12. The van der Waals surface area contributed by atoms with E-state index < -0.39 is 17.1 Å². The van der Waals surface area contributed by atoms with Crippen molar-refractivity contribution in [2.24, 2.45) is 5.92 Å². The van der Waals surface area contributed by atoms with Crippen LogP contribution in [0.25, 0.3) is 0 Å². The van der Waals surface area contributed by atoms with Crippen molar-refractivity contribution in [1.82, 2.24) is 14.9 Å². The van der Waals surface area contributed by atoms with E-state index in [9.17, 15) is 14.7 Å². The molecule has 168 valence electrons.